The molecule has 0 amide bonds. The Hall–Kier alpha value is -5.92. The molecule has 8 aromatic carbocycles. The van der Waals surface area contributed by atoms with Crippen molar-refractivity contribution < 1.29 is 4.74 Å². The fourth-order valence-electron chi connectivity index (χ4n) is 8.21. The van der Waals surface area contributed by atoms with Crippen LogP contribution in [0.2, 0.25) is 0 Å². The number of hydrogen-bond donors (Lipinski definition) is 0. The molecule has 2 aliphatic rings. The Morgan fingerprint density at radius 2 is 1.11 bits per heavy atom. The van der Waals surface area contributed by atoms with E-state index in [4.69, 9.17) is 4.74 Å². The Morgan fingerprint density at radius 3 is 2.04 bits per heavy atom. The van der Waals surface area contributed by atoms with E-state index in [0.29, 0.717) is 0 Å². The van der Waals surface area contributed by atoms with Gasteiger partial charge in [-0.25, -0.2) is 0 Å². The summed E-state index contributed by atoms with van der Waals surface area (Å²) >= 11 is 0. The van der Waals surface area contributed by atoms with Crippen molar-refractivity contribution in [1.29, 1.82) is 0 Å². The molecule has 1 nitrogen and oxygen atoms in total. The molecule has 0 aromatic heterocycles. The van der Waals surface area contributed by atoms with Gasteiger partial charge in [-0.05, 0) is 96.6 Å². The molecular formula is C45H28O. The van der Waals surface area contributed by atoms with Crippen LogP contribution >= 0.6 is 0 Å². The lowest BCUT2D eigenvalue weighted by Gasteiger charge is -2.34. The van der Waals surface area contributed by atoms with Gasteiger partial charge in [0.05, 0.1) is 5.41 Å². The third kappa shape index (κ3) is 3.40. The van der Waals surface area contributed by atoms with Crippen LogP contribution in [-0.4, -0.2) is 0 Å². The Morgan fingerprint density at radius 1 is 0.391 bits per heavy atom. The Kier molecular flexibility index (Phi) is 5.27. The molecule has 0 bridgehead atoms. The molecule has 0 N–H and O–H groups in total. The monoisotopic (exact) mass is 584 g/mol. The maximum absolute atomic E-state index is 6.34. The minimum Gasteiger partial charge on any atom is -0.456 e. The first-order valence-electron chi connectivity index (χ1n) is 15.9. The summed E-state index contributed by atoms with van der Waals surface area (Å²) in [5.41, 5.74) is 12.1. The van der Waals surface area contributed by atoms with Gasteiger partial charge in [0.2, 0.25) is 0 Å². The van der Waals surface area contributed by atoms with Crippen molar-refractivity contribution in [3.63, 3.8) is 0 Å². The number of fused-ring (bicyclic) bond motifs is 7. The summed E-state index contributed by atoms with van der Waals surface area (Å²) in [5.74, 6) is 1.82. The van der Waals surface area contributed by atoms with E-state index in [-0.39, 0.29) is 0 Å². The largest absolute Gasteiger partial charge is 0.456 e. The van der Waals surface area contributed by atoms with Gasteiger partial charge in [0.1, 0.15) is 11.5 Å². The van der Waals surface area contributed by atoms with E-state index in [9.17, 15) is 0 Å². The smallest absolute Gasteiger partial charge is 0.135 e. The van der Waals surface area contributed by atoms with Gasteiger partial charge in [-0.3, -0.25) is 0 Å². The second kappa shape index (κ2) is 9.54. The van der Waals surface area contributed by atoms with Gasteiger partial charge in [0.15, 0.2) is 0 Å². The molecule has 1 heterocycles. The summed E-state index contributed by atoms with van der Waals surface area (Å²) in [4.78, 5) is 0. The lowest BCUT2D eigenvalue weighted by atomic mass is 9.67. The Labute approximate surface area is 268 Å². The van der Waals surface area contributed by atoms with Crippen LogP contribution in [0, 0.1) is 0 Å². The molecule has 0 spiro atoms. The second-order valence-electron chi connectivity index (χ2n) is 12.4. The summed E-state index contributed by atoms with van der Waals surface area (Å²) in [7, 11) is 0. The summed E-state index contributed by atoms with van der Waals surface area (Å²) in [5, 5.41) is 4.92. The zero-order valence-electron chi connectivity index (χ0n) is 25.1. The van der Waals surface area contributed by atoms with Crippen LogP contribution in [0.15, 0.2) is 170 Å². The van der Waals surface area contributed by atoms with Crippen LogP contribution in [0.1, 0.15) is 22.3 Å². The standard InChI is InChI=1S/C45H28O/c1-2-15-33(16-3-1)45(39-21-8-6-20-37(39)44-35-18-5-4-12-29(35)24-25-40(44)45)34-17-10-13-30(27-34)32-26-31-14-11-23-42-43(31)38(28-32)36-19-7-9-22-41(36)46-42/h1-28H. The fraction of sp³-hybridized carbons (Fsp3) is 0.0222. The first-order chi connectivity index (χ1) is 22.8. The molecule has 214 valence electrons. The molecule has 0 fully saturated rings. The zero-order valence-corrected chi connectivity index (χ0v) is 25.1. The van der Waals surface area contributed by atoms with E-state index in [1.165, 1.54) is 71.6 Å². The minimum absolute atomic E-state index is 0.466. The number of benzene rings is 8. The highest BCUT2D eigenvalue weighted by atomic mass is 16.5. The van der Waals surface area contributed by atoms with Crippen LogP contribution < -0.4 is 4.74 Å². The van der Waals surface area contributed by atoms with Crippen molar-refractivity contribution in [3.8, 4) is 44.9 Å². The third-order valence-electron chi connectivity index (χ3n) is 10.1. The topological polar surface area (TPSA) is 9.23 Å². The zero-order chi connectivity index (χ0) is 30.2. The van der Waals surface area contributed by atoms with E-state index in [0.717, 1.165) is 17.1 Å². The van der Waals surface area contributed by atoms with Crippen molar-refractivity contribution in [2.45, 2.75) is 5.41 Å². The van der Waals surface area contributed by atoms with E-state index in [1.807, 2.05) is 6.07 Å². The van der Waals surface area contributed by atoms with E-state index < -0.39 is 5.41 Å². The number of para-hydroxylation sites is 1. The second-order valence-corrected chi connectivity index (χ2v) is 12.4. The quantitative estimate of drug-likeness (QED) is 0.201. The van der Waals surface area contributed by atoms with Gasteiger partial charge in [0, 0.05) is 10.9 Å². The SMILES string of the molecule is c1ccc(C2(c3cccc(-c4cc5c6c(cccc6c4)Oc4ccccc4-5)c3)c3ccccc3-c3c2ccc2ccccc32)cc1. The van der Waals surface area contributed by atoms with Crippen LogP contribution in [0.4, 0.5) is 0 Å². The van der Waals surface area contributed by atoms with Crippen molar-refractivity contribution in [2.24, 2.45) is 0 Å². The van der Waals surface area contributed by atoms with Gasteiger partial charge in [-0.1, -0.05) is 140 Å². The highest BCUT2D eigenvalue weighted by Gasteiger charge is 2.46. The maximum Gasteiger partial charge on any atom is 0.135 e. The number of rotatable bonds is 3. The summed E-state index contributed by atoms with van der Waals surface area (Å²) < 4.78 is 6.34. The molecule has 0 saturated carbocycles. The maximum atomic E-state index is 6.34. The summed E-state index contributed by atoms with van der Waals surface area (Å²) in [6, 6.07) is 62.2. The molecule has 1 unspecified atom stereocenters. The van der Waals surface area contributed by atoms with Gasteiger partial charge in [-0.2, -0.15) is 0 Å². The molecule has 46 heavy (non-hydrogen) atoms. The average Bonchev–Trinajstić information content (AvgIpc) is 3.44. The van der Waals surface area contributed by atoms with Gasteiger partial charge >= 0.3 is 0 Å². The predicted octanol–water partition coefficient (Wildman–Crippen LogP) is 11.8. The van der Waals surface area contributed by atoms with E-state index >= 15 is 0 Å². The van der Waals surface area contributed by atoms with Gasteiger partial charge < -0.3 is 4.74 Å². The highest BCUT2D eigenvalue weighted by molar-refractivity contribution is 6.07. The first kappa shape index (κ1) is 25.4. The van der Waals surface area contributed by atoms with E-state index in [1.54, 1.807) is 0 Å². The Bertz CT molecular complexity index is 2510. The lowest BCUT2D eigenvalue weighted by molar-refractivity contribution is 0.487. The van der Waals surface area contributed by atoms with Crippen molar-refractivity contribution in [1.82, 2.24) is 0 Å². The van der Waals surface area contributed by atoms with Crippen molar-refractivity contribution in [2.75, 3.05) is 0 Å². The summed E-state index contributed by atoms with van der Waals surface area (Å²) in [6.45, 7) is 0. The lowest BCUT2D eigenvalue weighted by Crippen LogP contribution is -2.28. The van der Waals surface area contributed by atoms with Crippen LogP contribution in [0.5, 0.6) is 11.5 Å². The third-order valence-corrected chi connectivity index (χ3v) is 10.1. The van der Waals surface area contributed by atoms with Crippen molar-refractivity contribution >= 4 is 21.5 Å². The van der Waals surface area contributed by atoms with Gasteiger partial charge in [0.25, 0.3) is 0 Å². The molecule has 1 aliphatic carbocycles. The molecule has 8 aromatic rings. The number of ether oxygens (including phenoxy) is 1. The Balaban J connectivity index is 1.27. The normalized spacial score (nSPS) is 15.7. The fourth-order valence-corrected chi connectivity index (χ4v) is 8.21. The molecule has 1 aliphatic heterocycles. The van der Waals surface area contributed by atoms with Crippen LogP contribution in [-0.2, 0) is 5.41 Å². The highest BCUT2D eigenvalue weighted by Crippen LogP contribution is 2.58. The molecule has 1 atom stereocenters. The molecule has 1 heteroatoms. The molecule has 0 saturated heterocycles. The number of hydrogen-bond acceptors (Lipinski definition) is 1. The van der Waals surface area contributed by atoms with Crippen LogP contribution in [0.3, 0.4) is 0 Å². The molecule has 10 rings (SSSR count). The van der Waals surface area contributed by atoms with Crippen molar-refractivity contribution in [3.05, 3.63) is 192 Å². The summed E-state index contributed by atoms with van der Waals surface area (Å²) in [6.07, 6.45) is 0. The van der Waals surface area contributed by atoms with Crippen LogP contribution in [0.25, 0.3) is 54.9 Å². The molecule has 0 radical (unpaired) electrons. The van der Waals surface area contributed by atoms with Gasteiger partial charge in [-0.15, -0.1) is 0 Å². The predicted molar refractivity (Wildman–Crippen MR) is 190 cm³/mol. The minimum atomic E-state index is -0.466. The average molecular weight is 585 g/mol. The molecular weight excluding hydrogens is 556 g/mol. The first-order valence-corrected chi connectivity index (χ1v) is 15.9. The van der Waals surface area contributed by atoms with E-state index in [2.05, 4.69) is 164 Å².